The lowest BCUT2D eigenvalue weighted by atomic mass is 10.0. The summed E-state index contributed by atoms with van der Waals surface area (Å²) in [5.74, 6) is 0.709. The highest BCUT2D eigenvalue weighted by atomic mass is 16.5. The van der Waals surface area contributed by atoms with Crippen LogP contribution in [-0.2, 0) is 4.74 Å². The molecule has 3 atom stereocenters. The van der Waals surface area contributed by atoms with Crippen LogP contribution in [0.25, 0.3) is 0 Å². The van der Waals surface area contributed by atoms with Crippen LogP contribution in [0.2, 0.25) is 0 Å². The molecular formula is C14H30N2O. The van der Waals surface area contributed by atoms with Crippen LogP contribution >= 0.6 is 0 Å². The molecule has 0 aromatic rings. The van der Waals surface area contributed by atoms with Gasteiger partial charge in [0.1, 0.15) is 0 Å². The first-order chi connectivity index (χ1) is 8.02. The van der Waals surface area contributed by atoms with E-state index < -0.39 is 0 Å². The van der Waals surface area contributed by atoms with Crippen LogP contribution in [0.5, 0.6) is 0 Å². The van der Waals surface area contributed by atoms with Crippen LogP contribution < -0.4 is 5.32 Å². The van der Waals surface area contributed by atoms with Crippen molar-refractivity contribution in [2.45, 2.75) is 58.7 Å². The molecule has 3 heteroatoms. The molecule has 0 spiro atoms. The Bertz CT molecular complexity index is 202. The third-order valence-electron chi connectivity index (χ3n) is 4.14. The molecule has 0 aromatic heterocycles. The number of likely N-dealkylation sites (N-methyl/N-ethyl adjacent to an activating group) is 1. The van der Waals surface area contributed by atoms with E-state index in [2.05, 4.69) is 45.0 Å². The van der Waals surface area contributed by atoms with E-state index in [4.69, 9.17) is 4.74 Å². The van der Waals surface area contributed by atoms with Crippen LogP contribution in [-0.4, -0.2) is 49.8 Å². The van der Waals surface area contributed by atoms with Gasteiger partial charge in [-0.25, -0.2) is 0 Å². The second-order valence-electron chi connectivity index (χ2n) is 5.79. The molecule has 0 saturated carbocycles. The first kappa shape index (κ1) is 14.9. The Morgan fingerprint density at radius 1 is 1.29 bits per heavy atom. The molecule has 0 amide bonds. The van der Waals surface area contributed by atoms with Gasteiger partial charge in [-0.1, -0.05) is 13.8 Å². The number of nitrogens with one attached hydrogen (secondary N) is 1. The monoisotopic (exact) mass is 242 g/mol. The molecule has 1 rings (SSSR count). The van der Waals surface area contributed by atoms with Crippen molar-refractivity contribution in [3.8, 4) is 0 Å². The average Bonchev–Trinajstić information content (AvgIpc) is 2.79. The number of rotatable bonds is 7. The highest BCUT2D eigenvalue weighted by molar-refractivity contribution is 4.75. The zero-order chi connectivity index (χ0) is 12.8. The van der Waals surface area contributed by atoms with E-state index in [0.29, 0.717) is 24.1 Å². The van der Waals surface area contributed by atoms with Gasteiger partial charge in [-0.3, -0.25) is 4.90 Å². The molecule has 3 nitrogen and oxygen atoms in total. The van der Waals surface area contributed by atoms with Crippen LogP contribution in [0, 0.1) is 5.92 Å². The molecule has 102 valence electrons. The Morgan fingerprint density at radius 3 is 2.53 bits per heavy atom. The smallest absolute Gasteiger partial charge is 0.0700 e. The predicted octanol–water partition coefficient (Wildman–Crippen LogP) is 2.12. The van der Waals surface area contributed by atoms with Gasteiger partial charge >= 0.3 is 0 Å². The minimum Gasteiger partial charge on any atom is -0.377 e. The minimum absolute atomic E-state index is 0.454. The van der Waals surface area contributed by atoms with Crippen LogP contribution in [0.1, 0.15) is 40.5 Å². The standard InChI is InChI=1S/C14H30N2O/c1-11(2)13(4)16(5)12(3)9-15-10-14-7-6-8-17-14/h11-15H,6-10H2,1-5H3. The molecule has 0 aromatic carbocycles. The van der Waals surface area contributed by atoms with Gasteiger partial charge in [-0.2, -0.15) is 0 Å². The van der Waals surface area contributed by atoms with Crippen molar-refractivity contribution in [3.05, 3.63) is 0 Å². The molecule has 1 aliphatic rings. The first-order valence-electron chi connectivity index (χ1n) is 7.06. The Hall–Kier alpha value is -0.120. The van der Waals surface area contributed by atoms with Crippen LogP contribution in [0.4, 0.5) is 0 Å². The summed E-state index contributed by atoms with van der Waals surface area (Å²) in [5.41, 5.74) is 0. The second-order valence-corrected chi connectivity index (χ2v) is 5.79. The third kappa shape index (κ3) is 4.94. The van der Waals surface area contributed by atoms with E-state index >= 15 is 0 Å². The lowest BCUT2D eigenvalue weighted by molar-refractivity contribution is 0.104. The van der Waals surface area contributed by atoms with Gasteiger partial charge in [0, 0.05) is 31.8 Å². The zero-order valence-corrected chi connectivity index (χ0v) is 12.2. The molecule has 0 radical (unpaired) electrons. The fourth-order valence-corrected chi connectivity index (χ4v) is 2.27. The summed E-state index contributed by atoms with van der Waals surface area (Å²) < 4.78 is 5.60. The van der Waals surface area contributed by atoms with Crippen molar-refractivity contribution in [1.29, 1.82) is 0 Å². The zero-order valence-electron chi connectivity index (χ0n) is 12.2. The number of ether oxygens (including phenoxy) is 1. The number of nitrogens with zero attached hydrogens (tertiary/aromatic N) is 1. The largest absolute Gasteiger partial charge is 0.377 e. The molecule has 17 heavy (non-hydrogen) atoms. The summed E-state index contributed by atoms with van der Waals surface area (Å²) >= 11 is 0. The molecule has 1 heterocycles. The SMILES string of the molecule is CC(C)C(C)N(C)C(C)CNCC1CCCO1. The van der Waals surface area contributed by atoms with Crippen molar-refractivity contribution in [3.63, 3.8) is 0 Å². The van der Waals surface area contributed by atoms with E-state index in [0.717, 1.165) is 19.7 Å². The quantitative estimate of drug-likeness (QED) is 0.740. The molecule has 1 N–H and O–H groups in total. The van der Waals surface area contributed by atoms with Gasteiger partial charge in [0.05, 0.1) is 6.10 Å². The van der Waals surface area contributed by atoms with E-state index in [9.17, 15) is 0 Å². The number of hydrogen-bond donors (Lipinski definition) is 1. The highest BCUT2D eigenvalue weighted by Gasteiger charge is 2.19. The molecular weight excluding hydrogens is 212 g/mol. The van der Waals surface area contributed by atoms with Gasteiger partial charge in [0.2, 0.25) is 0 Å². The molecule has 1 aliphatic heterocycles. The van der Waals surface area contributed by atoms with Crippen molar-refractivity contribution in [2.75, 3.05) is 26.7 Å². The maximum absolute atomic E-state index is 5.60. The Balaban J connectivity index is 2.16. The summed E-state index contributed by atoms with van der Waals surface area (Å²) in [6.07, 6.45) is 2.90. The van der Waals surface area contributed by atoms with Gasteiger partial charge in [-0.15, -0.1) is 0 Å². The van der Waals surface area contributed by atoms with Crippen molar-refractivity contribution in [1.82, 2.24) is 10.2 Å². The van der Waals surface area contributed by atoms with Crippen molar-refractivity contribution >= 4 is 0 Å². The van der Waals surface area contributed by atoms with Gasteiger partial charge < -0.3 is 10.1 Å². The molecule has 1 fully saturated rings. The van der Waals surface area contributed by atoms with E-state index in [1.165, 1.54) is 12.8 Å². The molecule has 0 aliphatic carbocycles. The second kappa shape index (κ2) is 7.34. The fourth-order valence-electron chi connectivity index (χ4n) is 2.27. The lowest BCUT2D eigenvalue weighted by Crippen LogP contribution is -2.45. The van der Waals surface area contributed by atoms with E-state index in [1.54, 1.807) is 0 Å². The van der Waals surface area contributed by atoms with Crippen LogP contribution in [0.15, 0.2) is 0 Å². The third-order valence-corrected chi connectivity index (χ3v) is 4.14. The van der Waals surface area contributed by atoms with Crippen molar-refractivity contribution < 1.29 is 4.74 Å². The molecule has 0 bridgehead atoms. The first-order valence-corrected chi connectivity index (χ1v) is 7.06. The fraction of sp³-hybridized carbons (Fsp3) is 1.00. The topological polar surface area (TPSA) is 24.5 Å². The molecule has 1 saturated heterocycles. The van der Waals surface area contributed by atoms with Gasteiger partial charge in [0.15, 0.2) is 0 Å². The molecule has 3 unspecified atom stereocenters. The van der Waals surface area contributed by atoms with E-state index in [1.807, 2.05) is 0 Å². The Morgan fingerprint density at radius 2 is 2.00 bits per heavy atom. The maximum atomic E-state index is 5.60. The van der Waals surface area contributed by atoms with Gasteiger partial charge in [0.25, 0.3) is 0 Å². The summed E-state index contributed by atoms with van der Waals surface area (Å²) in [4.78, 5) is 2.47. The lowest BCUT2D eigenvalue weighted by Gasteiger charge is -2.33. The van der Waals surface area contributed by atoms with Gasteiger partial charge in [-0.05, 0) is 39.7 Å². The number of hydrogen-bond acceptors (Lipinski definition) is 3. The van der Waals surface area contributed by atoms with Crippen molar-refractivity contribution in [2.24, 2.45) is 5.92 Å². The summed E-state index contributed by atoms with van der Waals surface area (Å²) in [7, 11) is 2.23. The maximum Gasteiger partial charge on any atom is 0.0700 e. The van der Waals surface area contributed by atoms with Crippen LogP contribution in [0.3, 0.4) is 0 Å². The Kier molecular flexibility index (Phi) is 6.45. The van der Waals surface area contributed by atoms with E-state index in [-0.39, 0.29) is 0 Å². The summed E-state index contributed by atoms with van der Waals surface area (Å²) in [5, 5.41) is 3.54. The highest BCUT2D eigenvalue weighted by Crippen LogP contribution is 2.12. The summed E-state index contributed by atoms with van der Waals surface area (Å²) in [6, 6.07) is 1.21. The average molecular weight is 242 g/mol. The predicted molar refractivity (Wildman–Crippen MR) is 73.4 cm³/mol. The Labute approximate surface area is 107 Å². The minimum atomic E-state index is 0.454. The normalized spacial score (nSPS) is 24.5. The summed E-state index contributed by atoms with van der Waals surface area (Å²) in [6.45, 7) is 12.2.